The van der Waals surface area contributed by atoms with Crippen molar-refractivity contribution in [2.24, 2.45) is 5.92 Å². The van der Waals surface area contributed by atoms with Gasteiger partial charge in [-0.15, -0.1) is 0 Å². The highest BCUT2D eigenvalue weighted by Crippen LogP contribution is 2.36. The van der Waals surface area contributed by atoms with Gasteiger partial charge in [0.1, 0.15) is 11.5 Å². The second kappa shape index (κ2) is 6.82. The summed E-state index contributed by atoms with van der Waals surface area (Å²) in [6.45, 7) is 2.08. The summed E-state index contributed by atoms with van der Waals surface area (Å²) in [7, 11) is 0. The Morgan fingerprint density at radius 2 is 1.72 bits per heavy atom. The maximum atomic E-state index is 13.0. The minimum atomic E-state index is -4.48. The molecule has 0 radical (unpaired) electrons. The van der Waals surface area contributed by atoms with E-state index in [1.54, 1.807) is 6.20 Å². The lowest BCUT2D eigenvalue weighted by atomic mass is 9.92. The molecule has 9 heteroatoms. The third kappa shape index (κ3) is 3.34. The van der Waals surface area contributed by atoms with Gasteiger partial charge in [0.15, 0.2) is 0 Å². The smallest absolute Gasteiger partial charge is 0.350 e. The van der Waals surface area contributed by atoms with Gasteiger partial charge in [-0.1, -0.05) is 12.1 Å². The summed E-state index contributed by atoms with van der Waals surface area (Å²) < 4.78 is 39.1. The van der Waals surface area contributed by atoms with Crippen molar-refractivity contribution in [1.29, 1.82) is 0 Å². The lowest BCUT2D eigenvalue weighted by Crippen LogP contribution is -2.49. The van der Waals surface area contributed by atoms with Crippen LogP contribution < -0.4 is 9.80 Å². The largest absolute Gasteiger partial charge is 0.433 e. The molecule has 1 aromatic carbocycles. The number of hydrogen-bond donors (Lipinski definition) is 0. The second-order valence-corrected chi connectivity index (χ2v) is 7.50. The van der Waals surface area contributed by atoms with Gasteiger partial charge in [-0.3, -0.25) is 4.98 Å². The van der Waals surface area contributed by atoms with Gasteiger partial charge in [-0.05, 0) is 37.0 Å². The zero-order valence-corrected chi connectivity index (χ0v) is 15.5. The van der Waals surface area contributed by atoms with Crippen LogP contribution in [0.4, 0.5) is 24.9 Å². The quantitative estimate of drug-likeness (QED) is 0.656. The van der Waals surface area contributed by atoms with Crippen molar-refractivity contribution in [2.45, 2.75) is 25.1 Å². The number of hydrogen-bond acceptors (Lipinski definition) is 6. The number of alkyl halides is 3. The Bertz CT molecular complexity index is 1040. The van der Waals surface area contributed by atoms with Gasteiger partial charge in [0.05, 0.1) is 23.3 Å². The molecule has 4 heterocycles. The molecule has 2 aliphatic rings. The Kier molecular flexibility index (Phi) is 4.25. The van der Waals surface area contributed by atoms with E-state index in [0.29, 0.717) is 19.0 Å². The minimum absolute atomic E-state index is 0.134. The molecule has 0 amide bonds. The Balaban J connectivity index is 1.41. The van der Waals surface area contributed by atoms with E-state index in [1.807, 2.05) is 29.2 Å². The number of para-hydroxylation sites is 2. The van der Waals surface area contributed by atoms with Gasteiger partial charge >= 0.3 is 6.18 Å². The fourth-order valence-electron chi connectivity index (χ4n) is 4.35. The number of aromatic nitrogens is 4. The molecule has 0 bridgehead atoms. The predicted octanol–water partition coefficient (Wildman–Crippen LogP) is 3.54. The normalized spacial score (nSPS) is 22.2. The average Bonchev–Trinajstić information content (AvgIpc) is 3.16. The van der Waals surface area contributed by atoms with Crippen LogP contribution in [0.2, 0.25) is 0 Å². The first-order chi connectivity index (χ1) is 14.0. The Hall–Kier alpha value is -2.97. The molecule has 29 heavy (non-hydrogen) atoms. The van der Waals surface area contributed by atoms with Crippen molar-refractivity contribution in [3.8, 4) is 0 Å². The number of nitrogens with zero attached hydrogens (tertiary/aromatic N) is 6. The number of piperidine rings is 1. The first-order valence-corrected chi connectivity index (χ1v) is 9.63. The highest BCUT2D eigenvalue weighted by atomic mass is 19.4. The van der Waals surface area contributed by atoms with E-state index in [4.69, 9.17) is 4.98 Å². The summed E-state index contributed by atoms with van der Waals surface area (Å²) in [5.41, 5.74) is 0.769. The van der Waals surface area contributed by atoms with E-state index in [9.17, 15) is 13.2 Å². The molecule has 0 aliphatic carbocycles. The SMILES string of the molecule is FC(F)(F)c1ccnc(N2CCC3CCN(c4cnc5ccccc5n4)C3C2)n1. The highest BCUT2D eigenvalue weighted by molar-refractivity contribution is 5.75. The molecule has 2 atom stereocenters. The molecule has 3 aromatic rings. The fourth-order valence-corrected chi connectivity index (χ4v) is 4.35. The van der Waals surface area contributed by atoms with Crippen molar-refractivity contribution in [3.05, 3.63) is 48.4 Å². The first kappa shape index (κ1) is 18.1. The standard InChI is InChI=1S/C20H19F3N6/c21-20(22,23)17-5-8-24-19(27-17)28-9-6-13-7-10-29(16(13)12-28)18-11-25-14-3-1-2-4-15(14)26-18/h1-5,8,11,13,16H,6-7,9-10,12H2. The predicted molar refractivity (Wildman–Crippen MR) is 103 cm³/mol. The molecule has 5 rings (SSSR count). The molecule has 2 fully saturated rings. The van der Waals surface area contributed by atoms with E-state index in [2.05, 4.69) is 19.9 Å². The summed E-state index contributed by atoms with van der Waals surface area (Å²) in [6.07, 6.45) is 0.414. The molecule has 6 nitrogen and oxygen atoms in total. The minimum Gasteiger partial charge on any atom is -0.350 e. The van der Waals surface area contributed by atoms with Gasteiger partial charge in [0.25, 0.3) is 0 Å². The van der Waals surface area contributed by atoms with Crippen LogP contribution in [0.25, 0.3) is 11.0 Å². The van der Waals surface area contributed by atoms with Crippen LogP contribution in [-0.4, -0.2) is 45.6 Å². The van der Waals surface area contributed by atoms with Crippen LogP contribution in [0.15, 0.2) is 42.7 Å². The number of rotatable bonds is 2. The number of benzene rings is 1. The molecule has 2 aliphatic heterocycles. The van der Waals surface area contributed by atoms with Gasteiger partial charge < -0.3 is 9.80 Å². The Morgan fingerprint density at radius 1 is 0.931 bits per heavy atom. The third-order valence-corrected chi connectivity index (χ3v) is 5.81. The lowest BCUT2D eigenvalue weighted by molar-refractivity contribution is -0.141. The van der Waals surface area contributed by atoms with E-state index in [0.717, 1.165) is 42.3 Å². The molecule has 0 saturated carbocycles. The summed E-state index contributed by atoms with van der Waals surface area (Å²) in [5.74, 6) is 1.42. The van der Waals surface area contributed by atoms with Crippen LogP contribution in [0, 0.1) is 5.92 Å². The van der Waals surface area contributed by atoms with Gasteiger partial charge in [0, 0.05) is 25.8 Å². The zero-order chi connectivity index (χ0) is 20.0. The fraction of sp³-hybridized carbons (Fsp3) is 0.400. The second-order valence-electron chi connectivity index (χ2n) is 7.50. The van der Waals surface area contributed by atoms with Crippen molar-refractivity contribution in [2.75, 3.05) is 29.4 Å². The number of anilines is 2. The molecule has 2 aromatic heterocycles. The summed E-state index contributed by atoms with van der Waals surface area (Å²) in [5, 5.41) is 0. The summed E-state index contributed by atoms with van der Waals surface area (Å²) >= 11 is 0. The van der Waals surface area contributed by atoms with Crippen LogP contribution in [-0.2, 0) is 6.18 Å². The monoisotopic (exact) mass is 400 g/mol. The van der Waals surface area contributed by atoms with Crippen molar-refractivity contribution < 1.29 is 13.2 Å². The summed E-state index contributed by atoms with van der Waals surface area (Å²) in [4.78, 5) is 21.2. The lowest BCUT2D eigenvalue weighted by Gasteiger charge is -2.38. The molecule has 2 saturated heterocycles. The number of fused-ring (bicyclic) bond motifs is 2. The molecular weight excluding hydrogens is 381 g/mol. The Labute approximate surface area is 165 Å². The van der Waals surface area contributed by atoms with Crippen LogP contribution in [0.3, 0.4) is 0 Å². The van der Waals surface area contributed by atoms with Crippen LogP contribution in [0.5, 0.6) is 0 Å². The summed E-state index contributed by atoms with van der Waals surface area (Å²) in [6, 6.07) is 8.77. The van der Waals surface area contributed by atoms with E-state index in [1.165, 1.54) is 6.20 Å². The van der Waals surface area contributed by atoms with E-state index < -0.39 is 11.9 Å². The maximum absolute atomic E-state index is 13.0. The van der Waals surface area contributed by atoms with Crippen molar-refractivity contribution >= 4 is 22.8 Å². The zero-order valence-electron chi connectivity index (χ0n) is 15.5. The van der Waals surface area contributed by atoms with E-state index >= 15 is 0 Å². The molecular formula is C20H19F3N6. The molecule has 150 valence electrons. The number of halogens is 3. The highest BCUT2D eigenvalue weighted by Gasteiger charge is 2.40. The van der Waals surface area contributed by atoms with Crippen LogP contribution >= 0.6 is 0 Å². The molecule has 2 unspecified atom stereocenters. The van der Waals surface area contributed by atoms with Gasteiger partial charge in [-0.2, -0.15) is 13.2 Å². The maximum Gasteiger partial charge on any atom is 0.433 e. The van der Waals surface area contributed by atoms with Crippen molar-refractivity contribution in [3.63, 3.8) is 0 Å². The Morgan fingerprint density at radius 3 is 2.55 bits per heavy atom. The molecule has 0 spiro atoms. The molecule has 0 N–H and O–H groups in total. The van der Waals surface area contributed by atoms with Gasteiger partial charge in [-0.25, -0.2) is 15.0 Å². The van der Waals surface area contributed by atoms with Gasteiger partial charge in [0.2, 0.25) is 5.95 Å². The van der Waals surface area contributed by atoms with Crippen molar-refractivity contribution in [1.82, 2.24) is 19.9 Å². The first-order valence-electron chi connectivity index (χ1n) is 9.63. The van der Waals surface area contributed by atoms with Crippen LogP contribution in [0.1, 0.15) is 18.5 Å². The average molecular weight is 400 g/mol. The third-order valence-electron chi connectivity index (χ3n) is 5.81. The topological polar surface area (TPSA) is 58.0 Å². The van der Waals surface area contributed by atoms with E-state index in [-0.39, 0.29) is 12.0 Å².